The molecule has 8 rings (SSSR count). The number of aromatic hydroxyl groups is 1. The maximum absolute atomic E-state index is 10.6. The van der Waals surface area contributed by atoms with E-state index >= 15 is 0 Å². The summed E-state index contributed by atoms with van der Waals surface area (Å²) < 4.78 is 0. The fraction of sp³-hybridized carbons (Fsp3) is 0.607. The van der Waals surface area contributed by atoms with Gasteiger partial charge in [-0.15, -0.1) is 0 Å². The predicted molar refractivity (Wildman–Crippen MR) is 125 cm³/mol. The van der Waals surface area contributed by atoms with Gasteiger partial charge in [0.1, 0.15) is 11.6 Å². The van der Waals surface area contributed by atoms with Crippen molar-refractivity contribution in [2.45, 2.75) is 62.4 Å². The number of nitrogens with zero attached hydrogens (tertiary/aromatic N) is 3. The van der Waals surface area contributed by atoms with E-state index in [0.29, 0.717) is 29.2 Å². The minimum Gasteiger partial charge on any atom is -0.508 e. The number of anilines is 1. The molecule has 6 atom stereocenters. The summed E-state index contributed by atoms with van der Waals surface area (Å²) in [5.74, 6) is 4.04. The maximum atomic E-state index is 10.6. The molecule has 4 bridgehead atoms. The molecule has 1 N–H and O–H groups in total. The first-order chi connectivity index (χ1) is 15.7. The van der Waals surface area contributed by atoms with Crippen LogP contribution in [0.5, 0.6) is 5.75 Å². The molecule has 2 saturated heterocycles. The van der Waals surface area contributed by atoms with Crippen LogP contribution in [0.4, 0.5) is 5.82 Å². The first-order valence-electron chi connectivity index (χ1n) is 12.9. The zero-order valence-corrected chi connectivity index (χ0v) is 18.8. The number of piperidine rings is 1. The van der Waals surface area contributed by atoms with Crippen LogP contribution in [0.2, 0.25) is 0 Å². The number of phenols is 1. The molecule has 6 aliphatic rings. The molecule has 5 fully saturated rings. The molecule has 3 heterocycles. The molecule has 4 heteroatoms. The smallest absolute Gasteiger partial charge is 0.128 e. The van der Waals surface area contributed by atoms with Gasteiger partial charge < -0.3 is 10.0 Å². The summed E-state index contributed by atoms with van der Waals surface area (Å²) in [4.78, 5) is 10.4. The molecular formula is C28H33N3O. The molecule has 5 unspecified atom stereocenters. The zero-order chi connectivity index (χ0) is 21.1. The standard InChI is InChI=1S/C28H33N3O/c32-21-7-6-19-13-24-27-9-8-23-26(20(15-27)17-31(23)25-3-1-2-11-29-25)28(27,22(19)14-21)10-12-30(24)16-18-4-5-18/h1-3,6-7,11,14,18,20,23-24,26,32H,4-5,8-10,12-13,15-17H2/t20-,23?,24?,26?,27?,28?/m1/s1. The van der Waals surface area contributed by atoms with Crippen LogP contribution in [0.15, 0.2) is 42.6 Å². The van der Waals surface area contributed by atoms with Crippen molar-refractivity contribution < 1.29 is 5.11 Å². The van der Waals surface area contributed by atoms with Gasteiger partial charge in [-0.25, -0.2) is 4.98 Å². The van der Waals surface area contributed by atoms with Crippen molar-refractivity contribution in [3.8, 4) is 5.75 Å². The van der Waals surface area contributed by atoms with E-state index in [1.165, 1.54) is 81.5 Å². The lowest BCUT2D eigenvalue weighted by atomic mass is 9.43. The molecule has 4 aliphatic carbocycles. The van der Waals surface area contributed by atoms with Crippen LogP contribution in [0, 0.1) is 23.2 Å². The Morgan fingerprint density at radius 2 is 2.03 bits per heavy atom. The van der Waals surface area contributed by atoms with Crippen molar-refractivity contribution in [1.82, 2.24) is 9.88 Å². The lowest BCUT2D eigenvalue weighted by molar-refractivity contribution is -0.0921. The number of rotatable bonds is 3. The Morgan fingerprint density at radius 1 is 1.09 bits per heavy atom. The van der Waals surface area contributed by atoms with Gasteiger partial charge in [-0.05, 0) is 110 Å². The zero-order valence-electron chi connectivity index (χ0n) is 18.8. The Bertz CT molecular complexity index is 1080. The van der Waals surface area contributed by atoms with Crippen molar-refractivity contribution in [2.75, 3.05) is 24.5 Å². The molecule has 0 radical (unpaired) electrons. The number of aromatic nitrogens is 1. The molecule has 3 saturated carbocycles. The van der Waals surface area contributed by atoms with Crippen LogP contribution in [0.25, 0.3) is 0 Å². The number of benzene rings is 1. The molecule has 2 aliphatic heterocycles. The number of hydrogen-bond donors (Lipinski definition) is 1. The van der Waals surface area contributed by atoms with Gasteiger partial charge in [0.05, 0.1) is 0 Å². The Morgan fingerprint density at radius 3 is 2.88 bits per heavy atom. The quantitative estimate of drug-likeness (QED) is 0.790. The van der Waals surface area contributed by atoms with Gasteiger partial charge in [-0.2, -0.15) is 0 Å². The molecule has 4 nitrogen and oxygen atoms in total. The van der Waals surface area contributed by atoms with E-state index in [2.05, 4.69) is 34.1 Å². The van der Waals surface area contributed by atoms with Crippen LogP contribution < -0.4 is 4.90 Å². The van der Waals surface area contributed by atoms with Crippen LogP contribution in [0.3, 0.4) is 0 Å². The van der Waals surface area contributed by atoms with Crippen LogP contribution in [0.1, 0.15) is 49.7 Å². The van der Waals surface area contributed by atoms with E-state index in [-0.39, 0.29) is 5.41 Å². The largest absolute Gasteiger partial charge is 0.508 e. The summed E-state index contributed by atoms with van der Waals surface area (Å²) in [7, 11) is 0. The van der Waals surface area contributed by atoms with E-state index < -0.39 is 0 Å². The number of likely N-dealkylation sites (tertiary alicyclic amines) is 1. The molecule has 0 spiro atoms. The monoisotopic (exact) mass is 427 g/mol. The van der Waals surface area contributed by atoms with Crippen molar-refractivity contribution in [3.63, 3.8) is 0 Å². The third-order valence-electron chi connectivity index (χ3n) is 10.7. The van der Waals surface area contributed by atoms with Gasteiger partial charge >= 0.3 is 0 Å². The van der Waals surface area contributed by atoms with Gasteiger partial charge in [0.2, 0.25) is 0 Å². The number of phenolic OH excluding ortho intramolecular Hbond substituents is 1. The van der Waals surface area contributed by atoms with Crippen LogP contribution in [-0.2, 0) is 11.8 Å². The second-order valence-corrected chi connectivity index (χ2v) is 11.8. The molecular weight excluding hydrogens is 394 g/mol. The molecule has 1 aromatic heterocycles. The van der Waals surface area contributed by atoms with Crippen molar-refractivity contribution in [2.24, 2.45) is 23.2 Å². The second-order valence-electron chi connectivity index (χ2n) is 11.8. The summed E-state index contributed by atoms with van der Waals surface area (Å²) in [6.07, 6.45) is 11.3. The minimum atomic E-state index is 0.237. The highest BCUT2D eigenvalue weighted by Gasteiger charge is 2.76. The second kappa shape index (κ2) is 6.08. The van der Waals surface area contributed by atoms with Gasteiger partial charge in [-0.1, -0.05) is 12.1 Å². The van der Waals surface area contributed by atoms with Gasteiger partial charge in [0.15, 0.2) is 0 Å². The maximum Gasteiger partial charge on any atom is 0.128 e. The summed E-state index contributed by atoms with van der Waals surface area (Å²) in [5.41, 5.74) is 3.70. The predicted octanol–water partition coefficient (Wildman–Crippen LogP) is 4.37. The summed E-state index contributed by atoms with van der Waals surface area (Å²) in [6.45, 7) is 3.74. The summed E-state index contributed by atoms with van der Waals surface area (Å²) in [5, 5.41) is 10.6. The van der Waals surface area contributed by atoms with E-state index in [0.717, 1.165) is 11.8 Å². The summed E-state index contributed by atoms with van der Waals surface area (Å²) >= 11 is 0. The SMILES string of the molecule is Oc1ccc2c(c1)C13CCN(CC4CC4)C(C2)C12CCC1C3[C@@H](CN1c1ccccn1)C2. The van der Waals surface area contributed by atoms with E-state index in [9.17, 15) is 5.11 Å². The lowest BCUT2D eigenvalue weighted by Crippen LogP contribution is -2.69. The van der Waals surface area contributed by atoms with Crippen molar-refractivity contribution in [1.29, 1.82) is 0 Å². The number of fused-ring (bicyclic) bond motifs is 1. The normalized spacial score (nSPS) is 41.4. The lowest BCUT2D eigenvalue weighted by Gasteiger charge is -2.66. The average molecular weight is 428 g/mol. The molecule has 0 amide bonds. The van der Waals surface area contributed by atoms with Crippen molar-refractivity contribution in [3.05, 3.63) is 53.7 Å². The highest BCUT2D eigenvalue weighted by atomic mass is 16.3. The Balaban J connectivity index is 1.29. The first kappa shape index (κ1) is 18.4. The number of hydrogen-bond acceptors (Lipinski definition) is 4. The summed E-state index contributed by atoms with van der Waals surface area (Å²) in [6, 6.07) is 14.1. The highest BCUT2D eigenvalue weighted by molar-refractivity contribution is 5.54. The number of pyridine rings is 1. The Kier molecular flexibility index (Phi) is 3.49. The first-order valence-corrected chi connectivity index (χ1v) is 12.9. The molecule has 1 aromatic carbocycles. The van der Waals surface area contributed by atoms with Gasteiger partial charge in [0, 0.05) is 36.8 Å². The minimum absolute atomic E-state index is 0.237. The van der Waals surface area contributed by atoms with Gasteiger partial charge in [0.25, 0.3) is 0 Å². The third kappa shape index (κ3) is 2.11. The molecule has 166 valence electrons. The Hall–Kier alpha value is -2.07. The van der Waals surface area contributed by atoms with Crippen LogP contribution >= 0.6 is 0 Å². The van der Waals surface area contributed by atoms with Gasteiger partial charge in [-0.3, -0.25) is 4.90 Å². The topological polar surface area (TPSA) is 39.6 Å². The fourth-order valence-electron chi connectivity index (χ4n) is 9.73. The highest BCUT2D eigenvalue weighted by Crippen LogP contribution is 2.75. The molecule has 32 heavy (non-hydrogen) atoms. The van der Waals surface area contributed by atoms with E-state index in [4.69, 9.17) is 4.98 Å². The van der Waals surface area contributed by atoms with Crippen LogP contribution in [-0.4, -0.2) is 46.7 Å². The average Bonchev–Trinajstić information content (AvgIpc) is 3.50. The molecule has 2 aromatic rings. The Labute approximate surface area is 190 Å². The van der Waals surface area contributed by atoms with E-state index in [1.807, 2.05) is 18.3 Å². The fourth-order valence-corrected chi connectivity index (χ4v) is 9.73. The van der Waals surface area contributed by atoms with Crippen molar-refractivity contribution >= 4 is 5.82 Å². The van der Waals surface area contributed by atoms with E-state index in [1.54, 1.807) is 0 Å². The third-order valence-corrected chi connectivity index (χ3v) is 10.7.